The molecule has 0 N–H and O–H groups in total. The Morgan fingerprint density at radius 3 is 2.50 bits per heavy atom. The minimum Gasteiger partial charge on any atom is -0.477 e. The summed E-state index contributed by atoms with van der Waals surface area (Å²) >= 11 is 0. The highest BCUT2D eigenvalue weighted by Gasteiger charge is 2.38. The molecule has 2 heterocycles. The highest BCUT2D eigenvalue weighted by atomic mass is 32.2. The van der Waals surface area contributed by atoms with Crippen LogP contribution in [0.25, 0.3) is 0 Å². The van der Waals surface area contributed by atoms with Crippen LogP contribution >= 0.6 is 0 Å². The van der Waals surface area contributed by atoms with Crippen molar-refractivity contribution >= 4 is 15.7 Å². The zero-order valence-electron chi connectivity index (χ0n) is 14.4. The lowest BCUT2D eigenvalue weighted by Crippen LogP contribution is -2.45. The molecule has 2 saturated heterocycles. The Morgan fingerprint density at radius 2 is 1.92 bits per heavy atom. The van der Waals surface area contributed by atoms with E-state index in [2.05, 4.69) is 6.19 Å². The fourth-order valence-electron chi connectivity index (χ4n) is 3.39. The van der Waals surface area contributed by atoms with Crippen LogP contribution in [0.4, 0.5) is 4.39 Å². The van der Waals surface area contributed by atoms with Crippen LogP contribution in [0.2, 0.25) is 0 Å². The number of nitriles is 1. The van der Waals surface area contributed by atoms with Crippen molar-refractivity contribution in [2.45, 2.75) is 36.3 Å². The first-order valence-electron chi connectivity index (χ1n) is 8.41. The molecule has 0 bridgehead atoms. The summed E-state index contributed by atoms with van der Waals surface area (Å²) in [5.41, 5.74) is 0. The summed E-state index contributed by atoms with van der Waals surface area (Å²) in [4.78, 5) is 15.9. The molecule has 2 aliphatic rings. The van der Waals surface area contributed by atoms with Crippen molar-refractivity contribution < 1.29 is 22.3 Å². The molecule has 7 nitrogen and oxygen atoms in total. The number of piperidine rings is 1. The van der Waals surface area contributed by atoms with E-state index in [1.807, 2.05) is 0 Å². The summed E-state index contributed by atoms with van der Waals surface area (Å²) in [5.74, 6) is -1.12. The van der Waals surface area contributed by atoms with Crippen molar-refractivity contribution in [1.29, 1.82) is 5.26 Å². The Bertz CT molecular complexity index is 844. The van der Waals surface area contributed by atoms with E-state index in [0.29, 0.717) is 26.1 Å². The third-order valence-electron chi connectivity index (χ3n) is 4.84. The second-order valence-electron chi connectivity index (χ2n) is 6.61. The smallest absolute Gasteiger partial charge is 0.263 e. The van der Waals surface area contributed by atoms with Crippen LogP contribution in [0.15, 0.2) is 23.1 Å². The summed E-state index contributed by atoms with van der Waals surface area (Å²) in [6.45, 7) is 1.78. The molecule has 0 spiro atoms. The van der Waals surface area contributed by atoms with Gasteiger partial charge in [0.05, 0.1) is 4.90 Å². The van der Waals surface area contributed by atoms with Crippen molar-refractivity contribution in [2.75, 3.05) is 25.9 Å². The van der Waals surface area contributed by atoms with Crippen LogP contribution in [-0.2, 0) is 14.6 Å². The van der Waals surface area contributed by atoms with E-state index in [-0.39, 0.29) is 22.6 Å². The monoisotopic (exact) mass is 381 g/mol. The number of hydrogen-bond acceptors (Lipinski definition) is 6. The van der Waals surface area contributed by atoms with Gasteiger partial charge in [0.1, 0.15) is 0 Å². The van der Waals surface area contributed by atoms with E-state index in [1.165, 1.54) is 12.1 Å². The van der Waals surface area contributed by atoms with Crippen LogP contribution in [0.5, 0.6) is 5.75 Å². The first-order valence-corrected chi connectivity index (χ1v) is 10.3. The van der Waals surface area contributed by atoms with Gasteiger partial charge in [-0.3, -0.25) is 4.79 Å². The van der Waals surface area contributed by atoms with E-state index in [1.54, 1.807) is 9.80 Å². The number of sulfone groups is 1. The number of ether oxygens (including phenoxy) is 1. The molecule has 0 radical (unpaired) electrons. The second-order valence-corrected chi connectivity index (χ2v) is 8.63. The number of halogens is 1. The maximum absolute atomic E-state index is 14.1. The van der Waals surface area contributed by atoms with E-state index in [0.717, 1.165) is 25.2 Å². The molecule has 9 heteroatoms. The summed E-state index contributed by atoms with van der Waals surface area (Å²) in [6, 6.07) is 3.48. The van der Waals surface area contributed by atoms with Gasteiger partial charge in [-0.1, -0.05) is 0 Å². The maximum atomic E-state index is 14.1. The fraction of sp³-hybridized carbons (Fsp3) is 0.529. The van der Waals surface area contributed by atoms with Gasteiger partial charge in [0.15, 0.2) is 33.7 Å². The van der Waals surface area contributed by atoms with Gasteiger partial charge in [-0.15, -0.1) is 0 Å². The maximum Gasteiger partial charge on any atom is 0.263 e. The van der Waals surface area contributed by atoms with E-state index < -0.39 is 21.8 Å². The Labute approximate surface area is 151 Å². The predicted molar refractivity (Wildman–Crippen MR) is 90.5 cm³/mol. The molecule has 1 amide bonds. The third kappa shape index (κ3) is 3.75. The zero-order valence-corrected chi connectivity index (χ0v) is 15.2. The van der Waals surface area contributed by atoms with Crippen LogP contribution in [-0.4, -0.2) is 62.2 Å². The number of carbonyl (C=O) groups is 1. The lowest BCUT2D eigenvalue weighted by Gasteiger charge is -2.34. The quantitative estimate of drug-likeness (QED) is 0.727. The molecule has 140 valence electrons. The lowest BCUT2D eigenvalue weighted by molar-refractivity contribution is -0.136. The predicted octanol–water partition coefficient (Wildman–Crippen LogP) is 1.15. The highest BCUT2D eigenvalue weighted by molar-refractivity contribution is 7.90. The van der Waals surface area contributed by atoms with E-state index >= 15 is 0 Å². The van der Waals surface area contributed by atoms with Gasteiger partial charge < -0.3 is 14.5 Å². The molecular formula is C17H20FN3O4S. The minimum absolute atomic E-state index is 0.0677. The minimum atomic E-state index is -3.51. The standard InChI is InChI=1S/C17H20FN3O4S/c1-26(23,24)13-2-3-15(14(18)10-13)25-16-6-9-21(17(16)22)12-4-7-20(11-19)8-5-12/h2-3,10,12,16H,4-9H2,1H3/t16-/m0/s1. The average Bonchev–Trinajstić information content (AvgIpc) is 2.96. The second kappa shape index (κ2) is 7.11. The number of benzene rings is 1. The highest BCUT2D eigenvalue weighted by Crippen LogP contribution is 2.27. The van der Waals surface area contributed by atoms with Crippen LogP contribution in [0.3, 0.4) is 0 Å². The van der Waals surface area contributed by atoms with Gasteiger partial charge in [0, 0.05) is 38.4 Å². The molecule has 1 aromatic carbocycles. The average molecular weight is 381 g/mol. The number of nitrogens with zero attached hydrogens (tertiary/aromatic N) is 3. The Hall–Kier alpha value is -2.34. The SMILES string of the molecule is CS(=O)(=O)c1ccc(O[C@H]2CCN(C3CCN(C#N)CC3)C2=O)c(F)c1. The normalized spacial score (nSPS) is 21.7. The molecule has 1 aromatic rings. The molecule has 0 unspecified atom stereocenters. The van der Waals surface area contributed by atoms with Crippen molar-refractivity contribution in [3.63, 3.8) is 0 Å². The van der Waals surface area contributed by atoms with Gasteiger partial charge in [-0.2, -0.15) is 5.26 Å². The van der Waals surface area contributed by atoms with Gasteiger partial charge >= 0.3 is 0 Å². The number of rotatable bonds is 4. The van der Waals surface area contributed by atoms with Crippen LogP contribution in [0.1, 0.15) is 19.3 Å². The van der Waals surface area contributed by atoms with Gasteiger partial charge in [0.2, 0.25) is 0 Å². The van der Waals surface area contributed by atoms with Gasteiger partial charge in [-0.25, -0.2) is 12.8 Å². The first kappa shape index (κ1) is 18.5. The fourth-order valence-corrected chi connectivity index (χ4v) is 4.02. The van der Waals surface area contributed by atoms with Crippen LogP contribution in [0, 0.1) is 17.3 Å². The zero-order chi connectivity index (χ0) is 18.9. The topological polar surface area (TPSA) is 90.7 Å². The van der Waals surface area contributed by atoms with Gasteiger partial charge in [0.25, 0.3) is 5.91 Å². The Kier molecular flexibility index (Phi) is 5.05. The molecule has 26 heavy (non-hydrogen) atoms. The summed E-state index contributed by atoms with van der Waals surface area (Å²) in [6.07, 6.45) is 4.23. The number of likely N-dealkylation sites (tertiary alicyclic amines) is 2. The number of carbonyl (C=O) groups excluding carboxylic acids is 1. The molecule has 3 rings (SSSR count). The van der Waals surface area contributed by atoms with E-state index in [9.17, 15) is 17.6 Å². The third-order valence-corrected chi connectivity index (χ3v) is 5.95. The lowest BCUT2D eigenvalue weighted by atomic mass is 10.0. The molecule has 0 aromatic heterocycles. The Balaban J connectivity index is 1.65. The van der Waals surface area contributed by atoms with Crippen molar-refractivity contribution in [3.05, 3.63) is 24.0 Å². The summed E-state index contributed by atoms with van der Waals surface area (Å²) < 4.78 is 42.6. The van der Waals surface area contributed by atoms with Crippen molar-refractivity contribution in [2.24, 2.45) is 0 Å². The Morgan fingerprint density at radius 1 is 1.23 bits per heavy atom. The molecule has 2 fully saturated rings. The van der Waals surface area contributed by atoms with Gasteiger partial charge in [-0.05, 0) is 31.0 Å². The van der Waals surface area contributed by atoms with Crippen LogP contribution < -0.4 is 4.74 Å². The number of hydrogen-bond donors (Lipinski definition) is 0. The first-order chi connectivity index (χ1) is 12.3. The summed E-state index contributed by atoms with van der Waals surface area (Å²) in [5, 5.41) is 8.90. The molecule has 1 atom stereocenters. The largest absolute Gasteiger partial charge is 0.477 e. The molecular weight excluding hydrogens is 361 g/mol. The van der Waals surface area contributed by atoms with Crippen molar-refractivity contribution in [3.8, 4) is 11.9 Å². The number of amides is 1. The molecule has 0 saturated carbocycles. The van der Waals surface area contributed by atoms with Crippen molar-refractivity contribution in [1.82, 2.24) is 9.80 Å². The molecule has 2 aliphatic heterocycles. The van der Waals surface area contributed by atoms with E-state index in [4.69, 9.17) is 10.00 Å². The molecule has 0 aliphatic carbocycles. The summed E-state index contributed by atoms with van der Waals surface area (Å²) in [7, 11) is -3.51.